The van der Waals surface area contributed by atoms with Gasteiger partial charge in [-0.25, -0.2) is 4.39 Å². The van der Waals surface area contributed by atoms with Crippen molar-refractivity contribution in [3.05, 3.63) is 58.9 Å². The first-order chi connectivity index (χ1) is 9.81. The Bertz CT molecular complexity index is 715. The quantitative estimate of drug-likeness (QED) is 0.810. The first-order valence-electron chi connectivity index (χ1n) is 5.96. The van der Waals surface area contributed by atoms with Gasteiger partial charge in [-0.15, -0.1) is 0 Å². The number of nitrogens with one attached hydrogen (secondary N) is 1. The predicted molar refractivity (Wildman–Crippen MR) is 70.6 cm³/mol. The van der Waals surface area contributed by atoms with Crippen molar-refractivity contribution in [2.75, 3.05) is 5.32 Å². The molecule has 2 aromatic rings. The molecule has 0 radical (unpaired) electrons. The van der Waals surface area contributed by atoms with Crippen LogP contribution in [0.4, 0.5) is 28.9 Å². The first-order valence-corrected chi connectivity index (χ1v) is 5.96. The molecule has 0 heterocycles. The summed E-state index contributed by atoms with van der Waals surface area (Å²) in [5.41, 5.74) is -0.698. The predicted octanol–water partition coefficient (Wildman–Crippen LogP) is 4.77. The molecule has 0 unspecified atom stereocenters. The Balaban J connectivity index is 2.40. The zero-order chi connectivity index (χ0) is 15.6. The van der Waals surface area contributed by atoms with E-state index in [1.165, 1.54) is 24.3 Å². The molecule has 1 N–H and O–H groups in total. The van der Waals surface area contributed by atoms with Gasteiger partial charge in [-0.1, -0.05) is 6.07 Å². The van der Waals surface area contributed by atoms with Crippen LogP contribution in [0, 0.1) is 24.1 Å². The van der Waals surface area contributed by atoms with Gasteiger partial charge in [0.2, 0.25) is 0 Å². The van der Waals surface area contributed by atoms with Crippen molar-refractivity contribution in [2.24, 2.45) is 0 Å². The Labute approximate surface area is 118 Å². The minimum atomic E-state index is -4.64. The van der Waals surface area contributed by atoms with Gasteiger partial charge in [0.15, 0.2) is 0 Å². The minimum absolute atomic E-state index is 0.0593. The molecule has 0 atom stereocenters. The van der Waals surface area contributed by atoms with Gasteiger partial charge >= 0.3 is 6.18 Å². The SMILES string of the molecule is Cc1ccc(Nc2ccc(C#N)c(C(F)(F)F)c2)c(F)c1. The van der Waals surface area contributed by atoms with Gasteiger partial charge in [0, 0.05) is 5.69 Å². The molecule has 0 aliphatic carbocycles. The molecule has 2 rings (SSSR count). The molecular formula is C15H10F4N2. The molecule has 6 heteroatoms. The van der Waals surface area contributed by atoms with Gasteiger partial charge < -0.3 is 5.32 Å². The largest absolute Gasteiger partial charge is 0.417 e. The summed E-state index contributed by atoms with van der Waals surface area (Å²) in [6.07, 6.45) is -4.64. The molecule has 0 saturated heterocycles. The third kappa shape index (κ3) is 3.31. The highest BCUT2D eigenvalue weighted by Gasteiger charge is 2.33. The second-order valence-corrected chi connectivity index (χ2v) is 4.48. The number of hydrogen-bond donors (Lipinski definition) is 1. The number of aryl methyl sites for hydroxylation is 1. The highest BCUT2D eigenvalue weighted by atomic mass is 19.4. The minimum Gasteiger partial charge on any atom is -0.353 e. The van der Waals surface area contributed by atoms with Crippen molar-refractivity contribution >= 4 is 11.4 Å². The fourth-order valence-corrected chi connectivity index (χ4v) is 1.83. The molecule has 0 aliphatic heterocycles. The van der Waals surface area contributed by atoms with Crippen molar-refractivity contribution in [2.45, 2.75) is 13.1 Å². The molecule has 21 heavy (non-hydrogen) atoms. The van der Waals surface area contributed by atoms with Crippen LogP contribution in [0.3, 0.4) is 0 Å². The Kier molecular flexibility index (Phi) is 3.85. The van der Waals surface area contributed by atoms with E-state index in [-0.39, 0.29) is 11.4 Å². The second kappa shape index (κ2) is 5.44. The van der Waals surface area contributed by atoms with Gasteiger partial charge in [0.1, 0.15) is 5.82 Å². The van der Waals surface area contributed by atoms with Gasteiger partial charge in [-0.05, 0) is 42.8 Å². The second-order valence-electron chi connectivity index (χ2n) is 4.48. The van der Waals surface area contributed by atoms with Crippen LogP contribution in [0.5, 0.6) is 0 Å². The van der Waals surface area contributed by atoms with Crippen molar-refractivity contribution in [1.29, 1.82) is 5.26 Å². The van der Waals surface area contributed by atoms with Crippen LogP contribution in [-0.4, -0.2) is 0 Å². The van der Waals surface area contributed by atoms with E-state index in [1.807, 2.05) is 0 Å². The van der Waals surface area contributed by atoms with Gasteiger partial charge in [-0.2, -0.15) is 18.4 Å². The molecule has 0 saturated carbocycles. The van der Waals surface area contributed by atoms with E-state index in [1.54, 1.807) is 13.0 Å². The zero-order valence-electron chi connectivity index (χ0n) is 10.9. The van der Waals surface area contributed by atoms with Crippen molar-refractivity contribution in [3.8, 4) is 6.07 Å². The fraction of sp³-hybridized carbons (Fsp3) is 0.133. The number of benzene rings is 2. The summed E-state index contributed by atoms with van der Waals surface area (Å²) in [6, 6.07) is 8.98. The molecule has 0 aliphatic rings. The monoisotopic (exact) mass is 294 g/mol. The van der Waals surface area contributed by atoms with Crippen LogP contribution in [0.1, 0.15) is 16.7 Å². The molecule has 0 fully saturated rings. The lowest BCUT2D eigenvalue weighted by Crippen LogP contribution is -2.08. The number of nitrogens with zero attached hydrogens (tertiary/aromatic N) is 1. The van der Waals surface area contributed by atoms with E-state index in [2.05, 4.69) is 5.32 Å². The zero-order valence-corrected chi connectivity index (χ0v) is 10.9. The summed E-state index contributed by atoms with van der Waals surface area (Å²) < 4.78 is 52.2. The molecule has 0 bridgehead atoms. The lowest BCUT2D eigenvalue weighted by atomic mass is 10.1. The summed E-state index contributed by atoms with van der Waals surface area (Å²) in [4.78, 5) is 0. The summed E-state index contributed by atoms with van der Waals surface area (Å²) in [7, 11) is 0. The lowest BCUT2D eigenvalue weighted by molar-refractivity contribution is -0.137. The number of anilines is 2. The Hall–Kier alpha value is -2.55. The lowest BCUT2D eigenvalue weighted by Gasteiger charge is -2.13. The third-order valence-corrected chi connectivity index (χ3v) is 2.85. The maximum Gasteiger partial charge on any atom is 0.417 e. The smallest absolute Gasteiger partial charge is 0.353 e. The van der Waals surface area contributed by atoms with Gasteiger partial charge in [0.25, 0.3) is 0 Å². The number of nitriles is 1. The molecular weight excluding hydrogens is 284 g/mol. The van der Waals surface area contributed by atoms with Crippen LogP contribution in [0.2, 0.25) is 0 Å². The van der Waals surface area contributed by atoms with Crippen LogP contribution in [0.15, 0.2) is 36.4 Å². The standard InChI is InChI=1S/C15H10F4N2/c1-9-2-5-14(13(16)6-9)21-11-4-3-10(8-20)12(7-11)15(17,18)19/h2-7,21H,1H3. The molecule has 0 aromatic heterocycles. The van der Waals surface area contributed by atoms with Crippen LogP contribution in [0.25, 0.3) is 0 Å². The fourth-order valence-electron chi connectivity index (χ4n) is 1.83. The summed E-state index contributed by atoms with van der Waals surface area (Å²) in [5, 5.41) is 11.3. The third-order valence-electron chi connectivity index (χ3n) is 2.85. The summed E-state index contributed by atoms with van der Waals surface area (Å²) >= 11 is 0. The highest BCUT2D eigenvalue weighted by molar-refractivity contribution is 5.63. The maximum atomic E-state index is 13.7. The average molecular weight is 294 g/mol. The Morgan fingerprint density at radius 2 is 1.81 bits per heavy atom. The summed E-state index contributed by atoms with van der Waals surface area (Å²) in [5.74, 6) is -0.562. The molecule has 2 aromatic carbocycles. The topological polar surface area (TPSA) is 35.8 Å². The van der Waals surface area contributed by atoms with Gasteiger partial charge in [-0.3, -0.25) is 0 Å². The van der Waals surface area contributed by atoms with Crippen LogP contribution in [-0.2, 0) is 6.18 Å². The molecule has 0 amide bonds. The van der Waals surface area contributed by atoms with Crippen LogP contribution >= 0.6 is 0 Å². The number of rotatable bonds is 2. The van der Waals surface area contributed by atoms with E-state index < -0.39 is 23.1 Å². The number of hydrogen-bond acceptors (Lipinski definition) is 2. The highest BCUT2D eigenvalue weighted by Crippen LogP contribution is 2.34. The van der Waals surface area contributed by atoms with Crippen molar-refractivity contribution < 1.29 is 17.6 Å². The summed E-state index contributed by atoms with van der Waals surface area (Å²) in [6.45, 7) is 1.70. The van der Waals surface area contributed by atoms with E-state index in [0.717, 1.165) is 12.1 Å². The van der Waals surface area contributed by atoms with Gasteiger partial charge in [0.05, 0.1) is 22.9 Å². The van der Waals surface area contributed by atoms with E-state index in [4.69, 9.17) is 5.26 Å². The Morgan fingerprint density at radius 3 is 2.38 bits per heavy atom. The average Bonchev–Trinajstić information content (AvgIpc) is 2.41. The normalized spacial score (nSPS) is 11.0. The van der Waals surface area contributed by atoms with E-state index in [9.17, 15) is 17.6 Å². The molecule has 0 spiro atoms. The molecule has 2 nitrogen and oxygen atoms in total. The Morgan fingerprint density at radius 1 is 1.10 bits per heavy atom. The van der Waals surface area contributed by atoms with E-state index >= 15 is 0 Å². The maximum absolute atomic E-state index is 13.7. The van der Waals surface area contributed by atoms with E-state index in [0.29, 0.717) is 5.56 Å². The van der Waals surface area contributed by atoms with Crippen molar-refractivity contribution in [3.63, 3.8) is 0 Å². The molecule has 108 valence electrons. The van der Waals surface area contributed by atoms with Crippen molar-refractivity contribution in [1.82, 2.24) is 0 Å². The number of halogens is 4. The number of alkyl halides is 3. The van der Waals surface area contributed by atoms with Crippen LogP contribution < -0.4 is 5.32 Å². The first kappa shape index (κ1) is 14.9.